The average molecular weight is 284 g/mol. The van der Waals surface area contributed by atoms with Crippen molar-refractivity contribution in [1.29, 1.82) is 0 Å². The number of anilines is 1. The fourth-order valence-electron chi connectivity index (χ4n) is 1.41. The van der Waals surface area contributed by atoms with Crippen LogP contribution in [0.15, 0.2) is 18.2 Å². The van der Waals surface area contributed by atoms with E-state index in [2.05, 4.69) is 10.1 Å². The molecule has 20 heavy (non-hydrogen) atoms. The minimum absolute atomic E-state index is 0.0813. The molecule has 0 saturated carbocycles. The molecule has 0 bridgehead atoms. The second kappa shape index (κ2) is 7.44. The standard InChI is InChI=1S/C13H17FN2O4/c1-16(6-7-19-2)13(18)15-11-8-9(12(17)20-3)4-5-10(11)14/h4-5,8H,6-7H2,1-3H3,(H,15,18). The number of amides is 2. The van der Waals surface area contributed by atoms with Crippen LogP contribution in [0.25, 0.3) is 0 Å². The third-order valence-corrected chi connectivity index (χ3v) is 2.61. The van der Waals surface area contributed by atoms with E-state index in [-0.39, 0.29) is 11.3 Å². The molecule has 0 radical (unpaired) electrons. The summed E-state index contributed by atoms with van der Waals surface area (Å²) in [5.74, 6) is -1.24. The maximum atomic E-state index is 13.6. The second-order valence-corrected chi connectivity index (χ2v) is 4.03. The van der Waals surface area contributed by atoms with Crippen LogP contribution in [0.1, 0.15) is 10.4 Å². The Morgan fingerprint density at radius 3 is 2.65 bits per heavy atom. The van der Waals surface area contributed by atoms with Crippen LogP contribution in [0.4, 0.5) is 14.9 Å². The number of halogens is 1. The number of ether oxygens (including phenoxy) is 2. The molecule has 1 aromatic carbocycles. The summed E-state index contributed by atoms with van der Waals surface area (Å²) in [6, 6.07) is 3.11. The quantitative estimate of drug-likeness (QED) is 0.836. The Morgan fingerprint density at radius 1 is 1.35 bits per heavy atom. The zero-order chi connectivity index (χ0) is 15.1. The number of nitrogens with zero attached hydrogens (tertiary/aromatic N) is 1. The molecule has 1 aromatic rings. The zero-order valence-electron chi connectivity index (χ0n) is 11.6. The summed E-state index contributed by atoms with van der Waals surface area (Å²) in [7, 11) is 4.30. The topological polar surface area (TPSA) is 67.9 Å². The molecule has 0 aromatic heterocycles. The van der Waals surface area contributed by atoms with Crippen molar-refractivity contribution >= 4 is 17.7 Å². The van der Waals surface area contributed by atoms with E-state index in [4.69, 9.17) is 4.74 Å². The normalized spacial score (nSPS) is 10.0. The summed E-state index contributed by atoms with van der Waals surface area (Å²) in [6.45, 7) is 0.731. The molecule has 0 heterocycles. The monoisotopic (exact) mass is 284 g/mol. The lowest BCUT2D eigenvalue weighted by Gasteiger charge is -2.17. The molecular formula is C13H17FN2O4. The lowest BCUT2D eigenvalue weighted by molar-refractivity contribution is 0.0600. The first kappa shape index (κ1) is 15.9. The van der Waals surface area contributed by atoms with E-state index < -0.39 is 17.8 Å². The molecule has 0 aliphatic heterocycles. The molecule has 2 amide bonds. The highest BCUT2D eigenvalue weighted by atomic mass is 19.1. The fraction of sp³-hybridized carbons (Fsp3) is 0.385. The number of hydrogen-bond acceptors (Lipinski definition) is 4. The van der Waals surface area contributed by atoms with Crippen LogP contribution in [0.3, 0.4) is 0 Å². The Bertz CT molecular complexity index is 493. The van der Waals surface area contributed by atoms with Crippen molar-refractivity contribution in [3.8, 4) is 0 Å². The summed E-state index contributed by atoms with van der Waals surface area (Å²) >= 11 is 0. The van der Waals surface area contributed by atoms with Crippen LogP contribution in [-0.2, 0) is 9.47 Å². The average Bonchev–Trinajstić information content (AvgIpc) is 2.45. The molecule has 0 fully saturated rings. The van der Waals surface area contributed by atoms with E-state index >= 15 is 0 Å². The summed E-state index contributed by atoms with van der Waals surface area (Å²) in [5, 5.41) is 2.39. The fourth-order valence-corrected chi connectivity index (χ4v) is 1.41. The number of likely N-dealkylation sites (N-methyl/N-ethyl adjacent to an activating group) is 1. The maximum Gasteiger partial charge on any atom is 0.337 e. The molecule has 7 heteroatoms. The summed E-state index contributed by atoms with van der Waals surface area (Å²) in [5.41, 5.74) is 0.0749. The number of hydrogen-bond donors (Lipinski definition) is 1. The van der Waals surface area contributed by atoms with Crippen LogP contribution in [0.2, 0.25) is 0 Å². The van der Waals surface area contributed by atoms with Crippen molar-refractivity contribution in [3.05, 3.63) is 29.6 Å². The molecular weight excluding hydrogens is 267 g/mol. The van der Waals surface area contributed by atoms with Gasteiger partial charge in [-0.05, 0) is 18.2 Å². The van der Waals surface area contributed by atoms with E-state index in [9.17, 15) is 14.0 Å². The van der Waals surface area contributed by atoms with Crippen molar-refractivity contribution in [2.24, 2.45) is 0 Å². The highest BCUT2D eigenvalue weighted by molar-refractivity contribution is 5.94. The van der Waals surface area contributed by atoms with E-state index in [1.54, 1.807) is 7.05 Å². The van der Waals surface area contributed by atoms with Crippen LogP contribution in [-0.4, -0.2) is 51.3 Å². The van der Waals surface area contributed by atoms with Crippen LogP contribution in [0, 0.1) is 5.82 Å². The van der Waals surface area contributed by atoms with Crippen LogP contribution < -0.4 is 5.32 Å². The van der Waals surface area contributed by atoms with Crippen molar-refractivity contribution in [3.63, 3.8) is 0 Å². The van der Waals surface area contributed by atoms with Gasteiger partial charge in [0, 0.05) is 20.7 Å². The van der Waals surface area contributed by atoms with Crippen LogP contribution >= 0.6 is 0 Å². The molecule has 0 saturated heterocycles. The number of urea groups is 1. The van der Waals surface area contributed by atoms with Crippen molar-refractivity contribution in [1.82, 2.24) is 4.90 Å². The second-order valence-electron chi connectivity index (χ2n) is 4.03. The van der Waals surface area contributed by atoms with Gasteiger partial charge in [0.05, 0.1) is 25.0 Å². The first-order valence-corrected chi connectivity index (χ1v) is 5.88. The SMILES string of the molecule is COCCN(C)C(=O)Nc1cc(C(=O)OC)ccc1F. The van der Waals surface area contributed by atoms with Crippen LogP contribution in [0.5, 0.6) is 0 Å². The molecule has 0 unspecified atom stereocenters. The molecule has 0 aliphatic rings. The van der Waals surface area contributed by atoms with Gasteiger partial charge in [0.15, 0.2) is 0 Å². The minimum Gasteiger partial charge on any atom is -0.465 e. The smallest absolute Gasteiger partial charge is 0.337 e. The first-order valence-electron chi connectivity index (χ1n) is 5.88. The van der Waals surface area contributed by atoms with Gasteiger partial charge in [0.1, 0.15) is 5.82 Å². The van der Waals surface area contributed by atoms with E-state index in [1.165, 1.54) is 31.3 Å². The Kier molecular flexibility index (Phi) is 5.92. The van der Waals surface area contributed by atoms with E-state index in [0.717, 1.165) is 6.07 Å². The van der Waals surface area contributed by atoms with Gasteiger partial charge in [0.25, 0.3) is 0 Å². The van der Waals surface area contributed by atoms with Gasteiger partial charge in [-0.1, -0.05) is 0 Å². The van der Waals surface area contributed by atoms with Gasteiger partial charge in [-0.2, -0.15) is 0 Å². The maximum absolute atomic E-state index is 13.6. The first-order chi connectivity index (χ1) is 9.49. The van der Waals surface area contributed by atoms with Gasteiger partial charge < -0.3 is 19.7 Å². The predicted molar refractivity (Wildman–Crippen MR) is 71.3 cm³/mol. The Labute approximate surface area is 116 Å². The lowest BCUT2D eigenvalue weighted by Crippen LogP contribution is -2.34. The van der Waals surface area contributed by atoms with E-state index in [0.29, 0.717) is 13.2 Å². The van der Waals surface area contributed by atoms with Gasteiger partial charge in [-0.25, -0.2) is 14.0 Å². The molecule has 0 aliphatic carbocycles. The third-order valence-electron chi connectivity index (χ3n) is 2.61. The van der Waals surface area contributed by atoms with Crippen molar-refractivity contribution in [2.75, 3.05) is 39.7 Å². The number of esters is 1. The largest absolute Gasteiger partial charge is 0.465 e. The lowest BCUT2D eigenvalue weighted by atomic mass is 10.2. The molecule has 0 atom stereocenters. The van der Waals surface area contributed by atoms with Gasteiger partial charge in [-0.3, -0.25) is 0 Å². The van der Waals surface area contributed by atoms with E-state index in [1.807, 2.05) is 0 Å². The Morgan fingerprint density at radius 2 is 2.05 bits per heavy atom. The molecule has 1 N–H and O–H groups in total. The molecule has 110 valence electrons. The number of carbonyl (C=O) groups excluding carboxylic acids is 2. The predicted octanol–water partition coefficient (Wildman–Crippen LogP) is 1.72. The summed E-state index contributed by atoms with van der Waals surface area (Å²) in [6.07, 6.45) is 0. The number of rotatable bonds is 5. The van der Waals surface area contributed by atoms with Gasteiger partial charge in [0.2, 0.25) is 0 Å². The summed E-state index contributed by atoms with van der Waals surface area (Å²) < 4.78 is 23.0. The molecule has 1 rings (SSSR count). The zero-order valence-corrected chi connectivity index (χ0v) is 11.6. The number of methoxy groups -OCH3 is 2. The highest BCUT2D eigenvalue weighted by Gasteiger charge is 2.14. The van der Waals surface area contributed by atoms with Gasteiger partial charge >= 0.3 is 12.0 Å². The number of nitrogens with one attached hydrogen (secondary N) is 1. The summed E-state index contributed by atoms with van der Waals surface area (Å²) in [4.78, 5) is 24.5. The van der Waals surface area contributed by atoms with Crippen molar-refractivity contribution < 1.29 is 23.5 Å². The Balaban J connectivity index is 2.80. The minimum atomic E-state index is -0.633. The van der Waals surface area contributed by atoms with Gasteiger partial charge in [-0.15, -0.1) is 0 Å². The molecule has 6 nitrogen and oxygen atoms in total. The van der Waals surface area contributed by atoms with Crippen molar-refractivity contribution in [2.45, 2.75) is 0 Å². The molecule has 0 spiro atoms. The Hall–Kier alpha value is -2.15. The number of carbonyl (C=O) groups is 2. The third kappa shape index (κ3) is 4.20. The number of benzene rings is 1. The highest BCUT2D eigenvalue weighted by Crippen LogP contribution is 2.17.